The molecule has 1 aliphatic rings. The van der Waals surface area contributed by atoms with Gasteiger partial charge in [0.15, 0.2) is 0 Å². The number of para-hydroxylation sites is 1. The van der Waals surface area contributed by atoms with E-state index < -0.39 is 17.6 Å². The molecule has 3 aromatic rings. The Morgan fingerprint density at radius 3 is 2.59 bits per heavy atom. The number of carbonyl (C=O) groups is 2. The summed E-state index contributed by atoms with van der Waals surface area (Å²) in [5.74, 6) is -2.45. The van der Waals surface area contributed by atoms with Crippen molar-refractivity contribution in [2.24, 2.45) is 0 Å². The number of thiocarbonyl (C=S) groups is 1. The maximum atomic E-state index is 13.6. The van der Waals surface area contributed by atoms with Gasteiger partial charge in [-0.1, -0.05) is 42.2 Å². The molecule has 164 valence electrons. The molecule has 0 radical (unpaired) electrons. The fraction of sp³-hybridized carbons (Fsp3) is 0.174. The van der Waals surface area contributed by atoms with Gasteiger partial charge in [0, 0.05) is 48.2 Å². The van der Waals surface area contributed by atoms with E-state index in [1.807, 2.05) is 35.0 Å². The molecule has 0 spiro atoms. The third kappa shape index (κ3) is 4.73. The number of rotatable bonds is 7. The Hall–Kier alpha value is -3.04. The van der Waals surface area contributed by atoms with Crippen molar-refractivity contribution in [3.8, 4) is 0 Å². The van der Waals surface area contributed by atoms with Crippen LogP contribution >= 0.6 is 24.0 Å². The number of aliphatic carboxylic acids is 1. The van der Waals surface area contributed by atoms with E-state index >= 15 is 0 Å². The van der Waals surface area contributed by atoms with E-state index in [2.05, 4.69) is 0 Å². The van der Waals surface area contributed by atoms with Crippen LogP contribution in [0.25, 0.3) is 17.0 Å². The highest BCUT2D eigenvalue weighted by molar-refractivity contribution is 8.26. The van der Waals surface area contributed by atoms with E-state index in [-0.39, 0.29) is 25.4 Å². The second-order valence-electron chi connectivity index (χ2n) is 7.34. The molecule has 0 bridgehead atoms. The minimum atomic E-state index is -0.919. The number of benzene rings is 2. The second-order valence-corrected chi connectivity index (χ2v) is 9.01. The fourth-order valence-corrected chi connectivity index (χ4v) is 4.94. The van der Waals surface area contributed by atoms with Crippen molar-refractivity contribution >= 4 is 57.2 Å². The largest absolute Gasteiger partial charge is 0.481 e. The monoisotopic (exact) mass is 472 g/mol. The third-order valence-corrected chi connectivity index (χ3v) is 6.40. The Bertz CT molecular complexity index is 1250. The molecule has 1 saturated heterocycles. The molecule has 1 amide bonds. The van der Waals surface area contributed by atoms with Crippen molar-refractivity contribution in [1.82, 2.24) is 9.47 Å². The first kappa shape index (κ1) is 22.2. The van der Waals surface area contributed by atoms with Crippen LogP contribution in [0.15, 0.2) is 53.6 Å². The smallest absolute Gasteiger partial charge is 0.303 e. The van der Waals surface area contributed by atoms with E-state index in [1.165, 1.54) is 28.8 Å². The summed E-state index contributed by atoms with van der Waals surface area (Å²) in [6, 6.07) is 11.0. The zero-order valence-electron chi connectivity index (χ0n) is 16.8. The van der Waals surface area contributed by atoms with Crippen LogP contribution in [-0.2, 0) is 16.1 Å². The van der Waals surface area contributed by atoms with Crippen LogP contribution in [0.3, 0.4) is 0 Å². The van der Waals surface area contributed by atoms with Gasteiger partial charge in [0.05, 0.1) is 4.91 Å². The first-order valence-electron chi connectivity index (χ1n) is 9.82. The van der Waals surface area contributed by atoms with E-state index in [9.17, 15) is 18.4 Å². The van der Waals surface area contributed by atoms with E-state index in [0.717, 1.165) is 22.5 Å². The van der Waals surface area contributed by atoms with Gasteiger partial charge in [-0.25, -0.2) is 8.78 Å². The number of aromatic nitrogens is 1. The lowest BCUT2D eigenvalue weighted by molar-refractivity contribution is -0.137. The maximum Gasteiger partial charge on any atom is 0.303 e. The minimum Gasteiger partial charge on any atom is -0.481 e. The molecule has 32 heavy (non-hydrogen) atoms. The molecular weight excluding hydrogens is 454 g/mol. The van der Waals surface area contributed by atoms with Crippen molar-refractivity contribution in [2.75, 3.05) is 6.54 Å². The number of carbonyl (C=O) groups excluding carboxylic acids is 1. The molecule has 2 aromatic carbocycles. The average molecular weight is 473 g/mol. The van der Waals surface area contributed by atoms with Crippen LogP contribution in [0, 0.1) is 11.6 Å². The van der Waals surface area contributed by atoms with Crippen molar-refractivity contribution in [3.05, 3.63) is 76.3 Å². The normalized spacial score (nSPS) is 15.3. The quantitative estimate of drug-likeness (QED) is 0.386. The number of halogens is 2. The Balaban J connectivity index is 1.64. The Labute approximate surface area is 192 Å². The summed E-state index contributed by atoms with van der Waals surface area (Å²) >= 11 is 6.48. The summed E-state index contributed by atoms with van der Waals surface area (Å²) in [6.07, 6.45) is 3.87. The molecule has 0 saturated carbocycles. The van der Waals surface area contributed by atoms with Crippen molar-refractivity contribution in [1.29, 1.82) is 0 Å². The van der Waals surface area contributed by atoms with Gasteiger partial charge in [-0.2, -0.15) is 0 Å². The molecule has 0 aliphatic carbocycles. The van der Waals surface area contributed by atoms with Gasteiger partial charge in [0.1, 0.15) is 16.0 Å². The number of hydrogen-bond donors (Lipinski definition) is 1. The van der Waals surface area contributed by atoms with Gasteiger partial charge in [0.25, 0.3) is 5.91 Å². The maximum absolute atomic E-state index is 13.6. The third-order valence-electron chi connectivity index (χ3n) is 5.03. The molecule has 0 unspecified atom stereocenters. The van der Waals surface area contributed by atoms with Gasteiger partial charge in [-0.15, -0.1) is 0 Å². The number of nitrogens with zero attached hydrogens (tertiary/aromatic N) is 2. The number of thioether (sulfide) groups is 1. The fourth-order valence-electron chi connectivity index (χ4n) is 3.64. The summed E-state index contributed by atoms with van der Waals surface area (Å²) in [5, 5.41) is 9.70. The number of carboxylic acids is 1. The zero-order valence-corrected chi connectivity index (χ0v) is 18.4. The molecular formula is C23H18F2N2O3S2. The van der Waals surface area contributed by atoms with Crippen LogP contribution in [0.2, 0.25) is 0 Å². The van der Waals surface area contributed by atoms with Crippen LogP contribution in [0.4, 0.5) is 8.78 Å². The molecule has 5 nitrogen and oxygen atoms in total. The van der Waals surface area contributed by atoms with Gasteiger partial charge in [-0.3, -0.25) is 14.5 Å². The summed E-state index contributed by atoms with van der Waals surface area (Å²) in [4.78, 5) is 25.4. The van der Waals surface area contributed by atoms with Crippen LogP contribution < -0.4 is 0 Å². The molecule has 4 rings (SSSR count). The van der Waals surface area contributed by atoms with Crippen LogP contribution in [0.5, 0.6) is 0 Å². The lowest BCUT2D eigenvalue weighted by Crippen LogP contribution is -2.29. The van der Waals surface area contributed by atoms with Crippen LogP contribution in [-0.4, -0.2) is 37.3 Å². The molecule has 1 N–H and O–H groups in total. The highest BCUT2D eigenvalue weighted by Crippen LogP contribution is 2.34. The molecule has 1 fully saturated rings. The van der Waals surface area contributed by atoms with Gasteiger partial charge >= 0.3 is 5.97 Å². The van der Waals surface area contributed by atoms with Crippen LogP contribution in [0.1, 0.15) is 24.0 Å². The Morgan fingerprint density at radius 1 is 1.16 bits per heavy atom. The molecule has 2 heterocycles. The summed E-state index contributed by atoms with van der Waals surface area (Å²) < 4.78 is 29.5. The number of amides is 1. The van der Waals surface area contributed by atoms with Crippen molar-refractivity contribution in [2.45, 2.75) is 19.4 Å². The van der Waals surface area contributed by atoms with Crippen molar-refractivity contribution in [3.63, 3.8) is 0 Å². The average Bonchev–Trinajstić information content (AvgIpc) is 3.19. The van der Waals surface area contributed by atoms with Gasteiger partial charge in [-0.05, 0) is 36.3 Å². The number of hydrogen-bond acceptors (Lipinski definition) is 4. The standard InChI is InChI=1S/C23H18F2N2O3S2/c24-16-8-14(9-17(25)11-16)12-26-13-15(18-4-1-2-5-19(18)26)10-20-22(30)27(23(31)32-20)7-3-6-21(28)29/h1-2,4-5,8-11,13H,3,6-7,12H2,(H,28,29). The van der Waals surface area contributed by atoms with E-state index in [1.54, 1.807) is 6.08 Å². The Morgan fingerprint density at radius 2 is 1.88 bits per heavy atom. The Kier molecular flexibility index (Phi) is 6.38. The lowest BCUT2D eigenvalue weighted by atomic mass is 10.1. The summed E-state index contributed by atoms with van der Waals surface area (Å²) in [7, 11) is 0. The molecule has 9 heteroatoms. The minimum absolute atomic E-state index is 0.0374. The lowest BCUT2D eigenvalue weighted by Gasteiger charge is -2.13. The highest BCUT2D eigenvalue weighted by atomic mass is 32.2. The van der Waals surface area contributed by atoms with E-state index in [0.29, 0.717) is 21.2 Å². The predicted octanol–water partition coefficient (Wildman–Crippen LogP) is 5.03. The zero-order chi connectivity index (χ0) is 22.8. The first-order chi connectivity index (χ1) is 15.3. The molecule has 1 aliphatic heterocycles. The molecule has 1 aromatic heterocycles. The first-order valence-corrected chi connectivity index (χ1v) is 11.0. The second kappa shape index (κ2) is 9.22. The van der Waals surface area contributed by atoms with Gasteiger partial charge in [0.2, 0.25) is 0 Å². The summed E-state index contributed by atoms with van der Waals surface area (Å²) in [6.45, 7) is 0.514. The topological polar surface area (TPSA) is 62.5 Å². The predicted molar refractivity (Wildman–Crippen MR) is 124 cm³/mol. The number of fused-ring (bicyclic) bond motifs is 1. The highest BCUT2D eigenvalue weighted by Gasteiger charge is 2.31. The SMILES string of the molecule is O=C(O)CCCN1C(=O)C(=Cc2cn(Cc3cc(F)cc(F)c3)c3ccccc23)SC1=S. The number of carboxylic acid groups (broad SMARTS) is 1. The van der Waals surface area contributed by atoms with Gasteiger partial charge < -0.3 is 9.67 Å². The van der Waals surface area contributed by atoms with Crippen molar-refractivity contribution < 1.29 is 23.5 Å². The van der Waals surface area contributed by atoms with E-state index in [4.69, 9.17) is 17.3 Å². The molecule has 0 atom stereocenters. The summed E-state index contributed by atoms with van der Waals surface area (Å²) in [5.41, 5.74) is 2.13.